The molecule has 3 rings (SSSR count). The molecule has 29 heavy (non-hydrogen) atoms. The quantitative estimate of drug-likeness (QED) is 0.713. The topological polar surface area (TPSA) is 84.9 Å². The van der Waals surface area contributed by atoms with Gasteiger partial charge in [0, 0.05) is 25.2 Å². The predicted molar refractivity (Wildman–Crippen MR) is 111 cm³/mol. The summed E-state index contributed by atoms with van der Waals surface area (Å²) in [4.78, 5) is 13.9. The summed E-state index contributed by atoms with van der Waals surface area (Å²) in [5.41, 5.74) is 1.59. The fourth-order valence-electron chi connectivity index (χ4n) is 3.36. The maximum Gasteiger partial charge on any atom is 0.240 e. The van der Waals surface area contributed by atoms with E-state index < -0.39 is 10.0 Å². The van der Waals surface area contributed by atoms with E-state index >= 15 is 0 Å². The van der Waals surface area contributed by atoms with Crippen molar-refractivity contribution < 1.29 is 22.7 Å². The van der Waals surface area contributed by atoms with Crippen molar-refractivity contribution in [2.45, 2.75) is 30.6 Å². The summed E-state index contributed by atoms with van der Waals surface area (Å²) in [6, 6.07) is 11.9. The molecule has 1 N–H and O–H groups in total. The molecule has 1 amide bonds. The molecule has 2 aromatic rings. The smallest absolute Gasteiger partial charge is 0.240 e. The molecule has 0 saturated carbocycles. The molecule has 1 saturated heterocycles. The van der Waals surface area contributed by atoms with Gasteiger partial charge in [-0.3, -0.25) is 4.79 Å². The van der Waals surface area contributed by atoms with Crippen LogP contribution in [0.25, 0.3) is 0 Å². The summed E-state index contributed by atoms with van der Waals surface area (Å²) in [7, 11) is -0.500. The average Bonchev–Trinajstić information content (AvgIpc) is 2.74. The van der Waals surface area contributed by atoms with E-state index in [-0.39, 0.29) is 17.3 Å². The third kappa shape index (κ3) is 5.07. The summed E-state index contributed by atoms with van der Waals surface area (Å²) >= 11 is 0. The molecule has 1 fully saturated rings. The van der Waals surface area contributed by atoms with Gasteiger partial charge in [-0.2, -0.15) is 0 Å². The third-order valence-corrected chi connectivity index (χ3v) is 6.43. The molecule has 0 aromatic heterocycles. The molecular weight excluding hydrogens is 392 g/mol. The Morgan fingerprint density at radius 3 is 2.45 bits per heavy atom. The Kier molecular flexibility index (Phi) is 6.76. The predicted octanol–water partition coefficient (Wildman–Crippen LogP) is 2.74. The monoisotopic (exact) mass is 418 g/mol. The molecule has 0 radical (unpaired) electrons. The molecule has 2 aromatic carbocycles. The number of sulfonamides is 1. The highest BCUT2D eigenvalue weighted by molar-refractivity contribution is 7.89. The van der Waals surface area contributed by atoms with Gasteiger partial charge in [0.1, 0.15) is 11.5 Å². The lowest BCUT2D eigenvalue weighted by molar-refractivity contribution is -0.119. The maximum absolute atomic E-state index is 12.6. The summed E-state index contributed by atoms with van der Waals surface area (Å²) in [6.07, 6.45) is 2.86. The van der Waals surface area contributed by atoms with Gasteiger partial charge in [-0.15, -0.1) is 0 Å². The number of methoxy groups -OCH3 is 2. The van der Waals surface area contributed by atoms with Crippen molar-refractivity contribution in [2.24, 2.45) is 0 Å². The first kappa shape index (κ1) is 21.1. The first-order chi connectivity index (χ1) is 13.9. The number of nitrogens with zero attached hydrogens (tertiary/aromatic N) is 1. The van der Waals surface area contributed by atoms with Crippen LogP contribution in [0.15, 0.2) is 47.4 Å². The summed E-state index contributed by atoms with van der Waals surface area (Å²) in [5, 5.41) is 0. The number of hydrogen-bond acceptors (Lipinski definition) is 5. The van der Waals surface area contributed by atoms with Gasteiger partial charge in [-0.25, -0.2) is 13.1 Å². The molecular formula is C21H26N2O5S. The molecule has 7 nitrogen and oxygen atoms in total. The van der Waals surface area contributed by atoms with Crippen molar-refractivity contribution >= 4 is 21.6 Å². The van der Waals surface area contributed by atoms with E-state index in [0.717, 1.165) is 24.1 Å². The van der Waals surface area contributed by atoms with E-state index in [1.165, 1.54) is 12.1 Å². The second kappa shape index (κ2) is 9.28. The Balaban J connectivity index is 1.65. The van der Waals surface area contributed by atoms with E-state index in [1.54, 1.807) is 43.4 Å². The van der Waals surface area contributed by atoms with Crippen LogP contribution in [0.3, 0.4) is 0 Å². The van der Waals surface area contributed by atoms with Crippen LogP contribution in [0.5, 0.6) is 11.5 Å². The largest absolute Gasteiger partial charge is 0.497 e. The fourth-order valence-corrected chi connectivity index (χ4v) is 4.40. The number of nitrogens with one attached hydrogen (secondary N) is 1. The van der Waals surface area contributed by atoms with E-state index in [9.17, 15) is 13.2 Å². The van der Waals surface area contributed by atoms with Crippen LogP contribution >= 0.6 is 0 Å². The SMILES string of the molecule is COc1ccc(OC)c(CCNS(=O)(=O)c2ccc(N3CCCCC3=O)cc2)c1. The van der Waals surface area contributed by atoms with E-state index in [1.807, 2.05) is 6.07 Å². The van der Waals surface area contributed by atoms with Gasteiger partial charge in [0.05, 0.1) is 19.1 Å². The Hall–Kier alpha value is -2.58. The van der Waals surface area contributed by atoms with Crippen molar-refractivity contribution in [1.82, 2.24) is 4.72 Å². The first-order valence-corrected chi connectivity index (χ1v) is 11.0. The highest BCUT2D eigenvalue weighted by Gasteiger charge is 2.20. The van der Waals surface area contributed by atoms with Gasteiger partial charge in [0.2, 0.25) is 15.9 Å². The van der Waals surface area contributed by atoms with Crippen molar-refractivity contribution in [1.29, 1.82) is 0 Å². The van der Waals surface area contributed by atoms with Crippen LogP contribution in [0, 0.1) is 0 Å². The summed E-state index contributed by atoms with van der Waals surface area (Å²) in [6.45, 7) is 0.893. The molecule has 1 aliphatic rings. The van der Waals surface area contributed by atoms with Crippen LogP contribution < -0.4 is 19.1 Å². The van der Waals surface area contributed by atoms with E-state index in [2.05, 4.69) is 4.72 Å². The minimum atomic E-state index is -3.65. The lowest BCUT2D eigenvalue weighted by Gasteiger charge is -2.26. The number of carbonyl (C=O) groups is 1. The molecule has 0 atom stereocenters. The number of benzene rings is 2. The number of carbonyl (C=O) groups excluding carboxylic acids is 1. The maximum atomic E-state index is 12.6. The zero-order valence-electron chi connectivity index (χ0n) is 16.7. The molecule has 0 aliphatic carbocycles. The van der Waals surface area contributed by atoms with Gasteiger partial charge in [-0.1, -0.05) is 0 Å². The highest BCUT2D eigenvalue weighted by Crippen LogP contribution is 2.25. The molecule has 0 unspecified atom stereocenters. The van der Waals surface area contributed by atoms with Gasteiger partial charge in [0.15, 0.2) is 0 Å². The number of amides is 1. The lowest BCUT2D eigenvalue weighted by atomic mass is 10.1. The molecule has 1 aliphatic heterocycles. The van der Waals surface area contributed by atoms with Crippen LogP contribution in [-0.4, -0.2) is 41.6 Å². The van der Waals surface area contributed by atoms with Gasteiger partial charge >= 0.3 is 0 Å². The van der Waals surface area contributed by atoms with Gasteiger partial charge in [0.25, 0.3) is 0 Å². The van der Waals surface area contributed by atoms with Crippen molar-refractivity contribution in [3.8, 4) is 11.5 Å². The lowest BCUT2D eigenvalue weighted by Crippen LogP contribution is -2.35. The summed E-state index contributed by atoms with van der Waals surface area (Å²) < 4.78 is 38.4. The van der Waals surface area contributed by atoms with Crippen LogP contribution in [0.2, 0.25) is 0 Å². The normalized spacial score (nSPS) is 14.7. The van der Waals surface area contributed by atoms with Crippen molar-refractivity contribution in [3.63, 3.8) is 0 Å². The Morgan fingerprint density at radius 1 is 1.03 bits per heavy atom. The zero-order chi connectivity index (χ0) is 20.9. The van der Waals surface area contributed by atoms with E-state index in [4.69, 9.17) is 9.47 Å². The number of ether oxygens (including phenoxy) is 2. The number of hydrogen-bond donors (Lipinski definition) is 1. The molecule has 8 heteroatoms. The zero-order valence-corrected chi connectivity index (χ0v) is 17.5. The Bertz CT molecular complexity index is 958. The second-order valence-corrected chi connectivity index (χ2v) is 8.59. The summed E-state index contributed by atoms with van der Waals surface area (Å²) in [5.74, 6) is 1.45. The van der Waals surface area contributed by atoms with Crippen LogP contribution in [0.4, 0.5) is 5.69 Å². The molecule has 0 bridgehead atoms. The number of anilines is 1. The minimum absolute atomic E-state index is 0.0808. The number of rotatable bonds is 8. The standard InChI is InChI=1S/C21H26N2O5S/c1-27-18-8-11-20(28-2)16(15-18)12-13-22-29(25,26)19-9-6-17(7-10-19)23-14-4-3-5-21(23)24/h6-11,15,22H,3-5,12-14H2,1-2H3. The van der Waals surface area contributed by atoms with E-state index in [0.29, 0.717) is 30.9 Å². The fraction of sp³-hybridized carbons (Fsp3) is 0.381. The van der Waals surface area contributed by atoms with Crippen LogP contribution in [-0.2, 0) is 21.2 Å². The Morgan fingerprint density at radius 2 is 1.79 bits per heavy atom. The van der Waals surface area contributed by atoms with Gasteiger partial charge in [-0.05, 0) is 67.3 Å². The average molecular weight is 419 g/mol. The molecule has 0 spiro atoms. The third-order valence-electron chi connectivity index (χ3n) is 4.96. The first-order valence-electron chi connectivity index (χ1n) is 9.55. The molecule has 1 heterocycles. The Labute approximate surface area is 171 Å². The molecule has 156 valence electrons. The second-order valence-electron chi connectivity index (χ2n) is 6.82. The minimum Gasteiger partial charge on any atom is -0.497 e. The van der Waals surface area contributed by atoms with Gasteiger partial charge < -0.3 is 14.4 Å². The highest BCUT2D eigenvalue weighted by atomic mass is 32.2. The van der Waals surface area contributed by atoms with Crippen molar-refractivity contribution in [3.05, 3.63) is 48.0 Å². The number of piperidine rings is 1. The van der Waals surface area contributed by atoms with Crippen molar-refractivity contribution in [2.75, 3.05) is 32.2 Å². The van der Waals surface area contributed by atoms with Crippen LogP contribution in [0.1, 0.15) is 24.8 Å².